The minimum atomic E-state index is -1.58. The first-order valence-corrected chi connectivity index (χ1v) is 5.99. The van der Waals surface area contributed by atoms with Gasteiger partial charge in [0, 0.05) is 10.0 Å². The highest BCUT2D eigenvalue weighted by Crippen LogP contribution is 2.29. The maximum Gasteiger partial charge on any atom is 0.309 e. The number of hydrogen-bond donors (Lipinski definition) is 1. The number of rotatable bonds is 4. The Morgan fingerprint density at radius 1 is 1.59 bits per heavy atom. The molecule has 0 amide bonds. The second-order valence-corrected chi connectivity index (χ2v) is 4.80. The van der Waals surface area contributed by atoms with Crippen LogP contribution in [0, 0.1) is 5.82 Å². The number of carbonyl (C=O) groups excluding carboxylic acids is 1. The van der Waals surface area contributed by atoms with Crippen molar-refractivity contribution >= 4 is 21.9 Å². The Kier molecular flexibility index (Phi) is 4.65. The van der Waals surface area contributed by atoms with E-state index in [0.29, 0.717) is 4.47 Å². The number of halogens is 2. The zero-order valence-electron chi connectivity index (χ0n) is 9.67. The van der Waals surface area contributed by atoms with E-state index in [2.05, 4.69) is 15.9 Å². The Morgan fingerprint density at radius 2 is 2.24 bits per heavy atom. The molecule has 0 radical (unpaired) electrons. The van der Waals surface area contributed by atoms with Crippen molar-refractivity contribution in [1.29, 1.82) is 0 Å². The highest BCUT2D eigenvalue weighted by atomic mass is 79.9. The van der Waals surface area contributed by atoms with E-state index < -0.39 is 17.4 Å². The topological polar surface area (TPSA) is 46.5 Å². The van der Waals surface area contributed by atoms with Gasteiger partial charge in [-0.15, -0.1) is 0 Å². The predicted octanol–water partition coefficient (Wildman–Crippen LogP) is 2.75. The molecule has 0 heterocycles. The van der Waals surface area contributed by atoms with E-state index in [0.717, 1.165) is 0 Å². The average Bonchev–Trinajstić information content (AvgIpc) is 2.21. The summed E-state index contributed by atoms with van der Waals surface area (Å²) >= 11 is 3.19. The van der Waals surface area contributed by atoms with Crippen LogP contribution in [0.25, 0.3) is 0 Å². The largest absolute Gasteiger partial charge is 0.466 e. The molecular weight excluding hydrogens is 291 g/mol. The number of benzene rings is 1. The highest BCUT2D eigenvalue weighted by Gasteiger charge is 2.30. The monoisotopic (exact) mass is 304 g/mol. The van der Waals surface area contributed by atoms with Crippen LogP contribution in [0.4, 0.5) is 4.39 Å². The smallest absolute Gasteiger partial charge is 0.309 e. The van der Waals surface area contributed by atoms with Gasteiger partial charge < -0.3 is 9.84 Å². The van der Waals surface area contributed by atoms with Crippen molar-refractivity contribution in [2.24, 2.45) is 0 Å². The molecule has 1 atom stereocenters. The summed E-state index contributed by atoms with van der Waals surface area (Å²) < 4.78 is 18.9. The maximum atomic E-state index is 13.6. The van der Waals surface area contributed by atoms with Gasteiger partial charge in [-0.05, 0) is 32.0 Å². The van der Waals surface area contributed by atoms with Crippen molar-refractivity contribution in [2.45, 2.75) is 25.9 Å². The molecule has 0 aliphatic heterocycles. The summed E-state index contributed by atoms with van der Waals surface area (Å²) in [7, 11) is 0. The van der Waals surface area contributed by atoms with Crippen LogP contribution in [0.3, 0.4) is 0 Å². The van der Waals surface area contributed by atoms with Gasteiger partial charge in [-0.1, -0.05) is 15.9 Å². The van der Waals surface area contributed by atoms with Crippen molar-refractivity contribution in [3.8, 4) is 0 Å². The Bertz CT molecular complexity index is 418. The molecule has 0 spiro atoms. The van der Waals surface area contributed by atoms with Crippen LogP contribution in [0.15, 0.2) is 22.7 Å². The molecule has 94 valence electrons. The van der Waals surface area contributed by atoms with Crippen molar-refractivity contribution in [2.75, 3.05) is 6.61 Å². The van der Waals surface area contributed by atoms with E-state index in [4.69, 9.17) is 4.74 Å². The van der Waals surface area contributed by atoms with Gasteiger partial charge in [-0.25, -0.2) is 4.39 Å². The van der Waals surface area contributed by atoms with E-state index in [1.165, 1.54) is 25.1 Å². The van der Waals surface area contributed by atoms with E-state index in [1.807, 2.05) is 0 Å². The third-order valence-corrected chi connectivity index (χ3v) is 2.80. The summed E-state index contributed by atoms with van der Waals surface area (Å²) in [5.74, 6) is -1.11. The fourth-order valence-corrected chi connectivity index (χ4v) is 1.86. The Morgan fingerprint density at radius 3 is 2.82 bits per heavy atom. The van der Waals surface area contributed by atoms with E-state index >= 15 is 0 Å². The van der Waals surface area contributed by atoms with Crippen LogP contribution >= 0.6 is 15.9 Å². The molecule has 1 aromatic carbocycles. The molecule has 1 rings (SSSR count). The van der Waals surface area contributed by atoms with Crippen molar-refractivity contribution in [3.63, 3.8) is 0 Å². The molecule has 0 aromatic heterocycles. The lowest BCUT2D eigenvalue weighted by Crippen LogP contribution is -2.27. The zero-order valence-corrected chi connectivity index (χ0v) is 11.3. The summed E-state index contributed by atoms with van der Waals surface area (Å²) in [6.07, 6.45) is -0.284. The van der Waals surface area contributed by atoms with Gasteiger partial charge >= 0.3 is 5.97 Å². The van der Waals surface area contributed by atoms with E-state index in [-0.39, 0.29) is 18.6 Å². The van der Waals surface area contributed by atoms with Crippen LogP contribution in [-0.4, -0.2) is 17.7 Å². The van der Waals surface area contributed by atoms with Crippen molar-refractivity contribution < 1.29 is 19.0 Å². The van der Waals surface area contributed by atoms with E-state index in [9.17, 15) is 14.3 Å². The van der Waals surface area contributed by atoms with Gasteiger partial charge in [0.15, 0.2) is 0 Å². The molecule has 5 heteroatoms. The molecule has 1 aromatic rings. The van der Waals surface area contributed by atoms with E-state index in [1.54, 1.807) is 6.92 Å². The lowest BCUT2D eigenvalue weighted by atomic mass is 9.92. The summed E-state index contributed by atoms with van der Waals surface area (Å²) in [6, 6.07) is 4.22. The number of carbonyl (C=O) groups is 1. The van der Waals surface area contributed by atoms with Crippen LogP contribution in [0.2, 0.25) is 0 Å². The van der Waals surface area contributed by atoms with Gasteiger partial charge in [-0.3, -0.25) is 4.79 Å². The normalized spacial score (nSPS) is 14.2. The first kappa shape index (κ1) is 14.1. The molecule has 1 unspecified atom stereocenters. The first-order valence-electron chi connectivity index (χ1n) is 5.20. The Hall–Kier alpha value is -0.940. The molecule has 0 fully saturated rings. The molecule has 1 N–H and O–H groups in total. The average molecular weight is 305 g/mol. The minimum Gasteiger partial charge on any atom is -0.466 e. The van der Waals surface area contributed by atoms with Gasteiger partial charge in [-0.2, -0.15) is 0 Å². The second kappa shape index (κ2) is 5.60. The van der Waals surface area contributed by atoms with Crippen molar-refractivity contribution in [1.82, 2.24) is 0 Å². The summed E-state index contributed by atoms with van der Waals surface area (Å²) in [4.78, 5) is 11.3. The predicted molar refractivity (Wildman–Crippen MR) is 64.9 cm³/mol. The molecule has 0 bridgehead atoms. The summed E-state index contributed by atoms with van der Waals surface area (Å²) in [6.45, 7) is 3.29. The maximum absolute atomic E-state index is 13.6. The van der Waals surface area contributed by atoms with Crippen molar-refractivity contribution in [3.05, 3.63) is 34.1 Å². The molecular formula is C12H14BrFO3. The first-order chi connectivity index (χ1) is 7.86. The lowest BCUT2D eigenvalue weighted by Gasteiger charge is -2.23. The number of aliphatic hydroxyl groups is 1. The SMILES string of the molecule is CCOC(=O)CC(C)(O)c1cc(Br)ccc1F. The van der Waals surface area contributed by atoms with Crippen LogP contribution in [-0.2, 0) is 15.1 Å². The summed E-state index contributed by atoms with van der Waals surface area (Å²) in [5.41, 5.74) is -1.51. The van der Waals surface area contributed by atoms with Gasteiger partial charge in [0.2, 0.25) is 0 Å². The van der Waals surface area contributed by atoms with Crippen LogP contribution < -0.4 is 0 Å². The van der Waals surface area contributed by atoms with Crippen LogP contribution in [0.5, 0.6) is 0 Å². The van der Waals surface area contributed by atoms with Crippen LogP contribution in [0.1, 0.15) is 25.8 Å². The fourth-order valence-electron chi connectivity index (χ4n) is 1.50. The third kappa shape index (κ3) is 3.78. The van der Waals surface area contributed by atoms with Gasteiger partial charge in [0.25, 0.3) is 0 Å². The van der Waals surface area contributed by atoms with Gasteiger partial charge in [0.05, 0.1) is 13.0 Å². The molecule has 17 heavy (non-hydrogen) atoms. The van der Waals surface area contributed by atoms with Gasteiger partial charge in [0.1, 0.15) is 11.4 Å². The lowest BCUT2D eigenvalue weighted by molar-refractivity contribution is -0.148. The number of hydrogen-bond acceptors (Lipinski definition) is 3. The number of esters is 1. The fraction of sp³-hybridized carbons (Fsp3) is 0.417. The molecule has 3 nitrogen and oxygen atoms in total. The second-order valence-electron chi connectivity index (χ2n) is 3.88. The number of ether oxygens (including phenoxy) is 1. The quantitative estimate of drug-likeness (QED) is 0.870. The molecule has 0 saturated carbocycles. The molecule has 0 aliphatic carbocycles. The Balaban J connectivity index is 2.95. The standard InChI is InChI=1S/C12H14BrFO3/c1-3-17-11(15)7-12(2,16)9-6-8(13)4-5-10(9)14/h4-6,16H,3,7H2,1-2H3. The Labute approximate surface area is 108 Å². The zero-order chi connectivity index (χ0) is 13.1. The minimum absolute atomic E-state index is 0.0694. The third-order valence-electron chi connectivity index (χ3n) is 2.30. The molecule has 0 aliphatic rings. The highest BCUT2D eigenvalue weighted by molar-refractivity contribution is 9.10. The molecule has 0 saturated heterocycles. The summed E-state index contributed by atoms with van der Waals surface area (Å²) in [5, 5.41) is 10.1.